The monoisotopic (exact) mass is 310 g/mol. The van der Waals surface area contributed by atoms with Crippen LogP contribution in [0.3, 0.4) is 0 Å². The van der Waals surface area contributed by atoms with Crippen molar-refractivity contribution in [2.75, 3.05) is 11.1 Å². The minimum absolute atomic E-state index is 0.0831. The first-order valence-corrected chi connectivity index (χ1v) is 6.60. The van der Waals surface area contributed by atoms with Gasteiger partial charge in [0.15, 0.2) is 5.82 Å². The van der Waals surface area contributed by atoms with E-state index in [1.807, 2.05) is 0 Å². The van der Waals surface area contributed by atoms with Crippen LogP contribution in [0.1, 0.15) is 10.4 Å². The van der Waals surface area contributed by atoms with E-state index in [2.05, 4.69) is 25.3 Å². The van der Waals surface area contributed by atoms with Crippen molar-refractivity contribution in [1.29, 1.82) is 0 Å². The van der Waals surface area contributed by atoms with Crippen LogP contribution in [0, 0.1) is 5.82 Å². The molecule has 0 aliphatic heterocycles. The molecule has 3 rings (SSSR count). The van der Waals surface area contributed by atoms with E-state index in [9.17, 15) is 9.18 Å². The largest absolute Gasteiger partial charge is 0.384 e. The number of aromatic nitrogens is 4. The fraction of sp³-hybridized carbons (Fsp3) is 0. The summed E-state index contributed by atoms with van der Waals surface area (Å²) in [5.74, 6) is -0.133. The molecule has 2 aromatic heterocycles. The van der Waals surface area contributed by atoms with Gasteiger partial charge in [-0.3, -0.25) is 10.1 Å². The van der Waals surface area contributed by atoms with Crippen molar-refractivity contribution in [3.63, 3.8) is 0 Å². The molecule has 0 aliphatic rings. The van der Waals surface area contributed by atoms with Crippen LogP contribution < -0.4 is 11.1 Å². The van der Waals surface area contributed by atoms with Crippen molar-refractivity contribution in [2.24, 2.45) is 0 Å². The third kappa shape index (κ3) is 3.43. The molecule has 3 aromatic rings. The van der Waals surface area contributed by atoms with Gasteiger partial charge in [-0.15, -0.1) is 0 Å². The number of nitrogens with zero attached hydrogens (tertiary/aromatic N) is 4. The molecule has 0 atom stereocenters. The van der Waals surface area contributed by atoms with Crippen molar-refractivity contribution in [3.8, 4) is 11.4 Å². The second kappa shape index (κ2) is 6.14. The average Bonchev–Trinajstić information content (AvgIpc) is 2.56. The summed E-state index contributed by atoms with van der Waals surface area (Å²) in [5, 5.41) is 2.55. The number of pyridine rings is 1. The van der Waals surface area contributed by atoms with Gasteiger partial charge in [0.25, 0.3) is 5.91 Å². The third-order valence-corrected chi connectivity index (χ3v) is 2.94. The number of hydrogen-bond acceptors (Lipinski definition) is 6. The summed E-state index contributed by atoms with van der Waals surface area (Å²) in [6.07, 6.45) is 2.70. The maximum Gasteiger partial charge on any atom is 0.258 e. The molecule has 0 saturated carbocycles. The predicted octanol–water partition coefficient (Wildman–Crippen LogP) is 1.91. The molecule has 8 heteroatoms. The molecule has 1 amide bonds. The van der Waals surface area contributed by atoms with Gasteiger partial charge in [0, 0.05) is 17.3 Å². The van der Waals surface area contributed by atoms with Crippen LogP contribution in [0.5, 0.6) is 0 Å². The van der Waals surface area contributed by atoms with Crippen LogP contribution in [0.25, 0.3) is 11.4 Å². The van der Waals surface area contributed by atoms with E-state index >= 15 is 0 Å². The van der Waals surface area contributed by atoms with E-state index in [1.165, 1.54) is 36.8 Å². The number of benzene rings is 1. The summed E-state index contributed by atoms with van der Waals surface area (Å²) in [5.41, 5.74) is 6.48. The lowest BCUT2D eigenvalue weighted by molar-refractivity contribution is 0.102. The number of carbonyl (C=O) groups is 1. The third-order valence-electron chi connectivity index (χ3n) is 2.94. The van der Waals surface area contributed by atoms with Gasteiger partial charge in [-0.1, -0.05) is 0 Å². The standard InChI is InChI=1S/C15H11FN6O/c16-11-3-1-9(2-4-11)13-19-8-20-15(21-13)22-14(23)10-5-6-18-12(17)7-10/h1-8H,(H2,17,18)(H,19,20,21,22,23). The van der Waals surface area contributed by atoms with E-state index in [4.69, 9.17) is 5.73 Å². The molecule has 0 fully saturated rings. The summed E-state index contributed by atoms with van der Waals surface area (Å²) in [4.78, 5) is 28.0. The van der Waals surface area contributed by atoms with Gasteiger partial charge in [0.2, 0.25) is 5.95 Å². The minimum Gasteiger partial charge on any atom is -0.384 e. The van der Waals surface area contributed by atoms with E-state index in [0.29, 0.717) is 17.0 Å². The number of nitrogens with one attached hydrogen (secondary N) is 1. The zero-order valence-electron chi connectivity index (χ0n) is 11.8. The summed E-state index contributed by atoms with van der Waals surface area (Å²) in [7, 11) is 0. The van der Waals surface area contributed by atoms with Crippen molar-refractivity contribution in [2.45, 2.75) is 0 Å². The quantitative estimate of drug-likeness (QED) is 0.765. The number of anilines is 2. The number of nitrogen functional groups attached to an aromatic ring is 1. The molecule has 7 nitrogen and oxygen atoms in total. The highest BCUT2D eigenvalue weighted by Crippen LogP contribution is 2.16. The molecule has 114 valence electrons. The summed E-state index contributed by atoms with van der Waals surface area (Å²) < 4.78 is 12.9. The van der Waals surface area contributed by atoms with E-state index < -0.39 is 5.91 Å². The molecule has 0 spiro atoms. The number of rotatable bonds is 3. The Morgan fingerprint density at radius 3 is 2.61 bits per heavy atom. The second-order valence-electron chi connectivity index (χ2n) is 4.56. The van der Waals surface area contributed by atoms with E-state index in [0.717, 1.165) is 0 Å². The zero-order valence-corrected chi connectivity index (χ0v) is 11.8. The topological polar surface area (TPSA) is 107 Å². The Hall–Kier alpha value is -3.42. The smallest absolute Gasteiger partial charge is 0.258 e. The molecule has 3 N–H and O–H groups in total. The van der Waals surface area contributed by atoms with E-state index in [-0.39, 0.29) is 17.6 Å². The lowest BCUT2D eigenvalue weighted by Crippen LogP contribution is -2.15. The average molecular weight is 310 g/mol. The minimum atomic E-state index is -0.421. The molecule has 0 radical (unpaired) electrons. The van der Waals surface area contributed by atoms with Gasteiger partial charge in [0.05, 0.1) is 0 Å². The van der Waals surface area contributed by atoms with Crippen molar-refractivity contribution in [1.82, 2.24) is 19.9 Å². The molecule has 0 aliphatic carbocycles. The van der Waals surface area contributed by atoms with E-state index in [1.54, 1.807) is 12.1 Å². The number of halogens is 1. The van der Waals surface area contributed by atoms with Gasteiger partial charge in [0.1, 0.15) is 18.0 Å². The van der Waals surface area contributed by atoms with Crippen LogP contribution in [-0.4, -0.2) is 25.8 Å². The highest BCUT2D eigenvalue weighted by atomic mass is 19.1. The second-order valence-corrected chi connectivity index (χ2v) is 4.56. The highest BCUT2D eigenvalue weighted by Gasteiger charge is 2.10. The molecular weight excluding hydrogens is 299 g/mol. The molecule has 0 saturated heterocycles. The Morgan fingerprint density at radius 1 is 1.09 bits per heavy atom. The molecule has 2 heterocycles. The van der Waals surface area contributed by atoms with Crippen molar-refractivity contribution < 1.29 is 9.18 Å². The normalized spacial score (nSPS) is 10.3. The van der Waals surface area contributed by atoms with Crippen LogP contribution >= 0.6 is 0 Å². The van der Waals surface area contributed by atoms with Crippen LogP contribution in [0.4, 0.5) is 16.2 Å². The number of nitrogens with two attached hydrogens (primary N) is 1. The lowest BCUT2D eigenvalue weighted by atomic mass is 10.2. The summed E-state index contributed by atoms with van der Waals surface area (Å²) >= 11 is 0. The van der Waals surface area contributed by atoms with Gasteiger partial charge in [-0.25, -0.2) is 19.3 Å². The zero-order chi connectivity index (χ0) is 16.2. The molecule has 0 unspecified atom stereocenters. The Bertz CT molecular complexity index is 853. The maximum atomic E-state index is 12.9. The fourth-order valence-electron chi connectivity index (χ4n) is 1.86. The SMILES string of the molecule is Nc1cc(C(=O)Nc2ncnc(-c3ccc(F)cc3)n2)ccn1. The number of hydrogen-bond donors (Lipinski definition) is 2. The number of carbonyl (C=O) groups excluding carboxylic acids is 1. The summed E-state index contributed by atoms with van der Waals surface area (Å²) in [6, 6.07) is 8.65. The lowest BCUT2D eigenvalue weighted by Gasteiger charge is -2.05. The Labute approximate surface area is 130 Å². The van der Waals surface area contributed by atoms with Crippen LogP contribution in [-0.2, 0) is 0 Å². The fourth-order valence-corrected chi connectivity index (χ4v) is 1.86. The van der Waals surface area contributed by atoms with Gasteiger partial charge in [-0.05, 0) is 36.4 Å². The predicted molar refractivity (Wildman–Crippen MR) is 81.8 cm³/mol. The Balaban J connectivity index is 1.82. The highest BCUT2D eigenvalue weighted by molar-refractivity contribution is 6.03. The molecule has 0 bridgehead atoms. The van der Waals surface area contributed by atoms with Crippen molar-refractivity contribution in [3.05, 3.63) is 60.3 Å². The Morgan fingerprint density at radius 2 is 1.87 bits per heavy atom. The molecule has 23 heavy (non-hydrogen) atoms. The van der Waals surface area contributed by atoms with Crippen LogP contribution in [0.2, 0.25) is 0 Å². The number of amides is 1. The maximum absolute atomic E-state index is 12.9. The Kier molecular flexibility index (Phi) is 3.88. The van der Waals surface area contributed by atoms with Gasteiger partial charge in [-0.2, -0.15) is 4.98 Å². The van der Waals surface area contributed by atoms with Gasteiger partial charge < -0.3 is 5.73 Å². The molecular formula is C15H11FN6O. The van der Waals surface area contributed by atoms with Crippen molar-refractivity contribution >= 4 is 17.7 Å². The van der Waals surface area contributed by atoms with Crippen LogP contribution in [0.15, 0.2) is 48.9 Å². The van der Waals surface area contributed by atoms with Gasteiger partial charge >= 0.3 is 0 Å². The molecule has 1 aromatic carbocycles. The summed E-state index contributed by atoms with van der Waals surface area (Å²) in [6.45, 7) is 0. The first-order valence-electron chi connectivity index (χ1n) is 6.60. The first-order chi connectivity index (χ1) is 11.1. The first kappa shape index (κ1) is 14.5.